The van der Waals surface area contributed by atoms with Gasteiger partial charge in [0.1, 0.15) is 12.1 Å². The average molecular weight is 252 g/mol. The molecule has 1 aliphatic heterocycles. The van der Waals surface area contributed by atoms with Gasteiger partial charge in [0.15, 0.2) is 6.54 Å². The Morgan fingerprint density at radius 3 is 2.54 bits per heavy atom. The summed E-state index contributed by atoms with van der Waals surface area (Å²) in [5.74, 6) is -1.10. The van der Waals surface area contributed by atoms with E-state index in [4.69, 9.17) is 5.11 Å². The second-order valence-corrected chi connectivity index (χ2v) is 2.64. The molecule has 0 aromatic rings. The number of piperidine rings is 1. The highest BCUT2D eigenvalue weighted by atomic mass is 79.9. The van der Waals surface area contributed by atoms with Crippen molar-refractivity contribution in [3.8, 4) is 0 Å². The number of carboxylic acid groups (broad SMARTS) is 2. The fourth-order valence-electron chi connectivity index (χ4n) is 1.25. The van der Waals surface area contributed by atoms with Crippen LogP contribution >= 0.6 is 17.0 Å². The van der Waals surface area contributed by atoms with Crippen molar-refractivity contribution in [1.29, 1.82) is 0 Å². The minimum absolute atomic E-state index is 0. The molecule has 1 atom stereocenters. The minimum atomic E-state index is -1.42. The Kier molecular flexibility index (Phi) is 4.61. The summed E-state index contributed by atoms with van der Waals surface area (Å²) in [7, 11) is 0. The molecule has 1 fully saturated rings. The van der Waals surface area contributed by atoms with E-state index in [1.807, 2.05) is 0 Å². The van der Waals surface area contributed by atoms with Crippen molar-refractivity contribution >= 4 is 29.0 Å². The number of carbonyl (C=O) groups is 2. The van der Waals surface area contributed by atoms with Crippen molar-refractivity contribution in [2.45, 2.75) is 18.9 Å². The Balaban J connectivity index is 0.00000144. The smallest absolute Gasteiger partial charge is 0.326 e. The molecule has 74 valence electrons. The standard InChI is InChI=1S/C7H9NO4.BrH/c9-6(10)5-3-1-2-4-8(5)7(11)12;/h2,5H,1,3-4H2,(H-,9,10,11,12);1H. The number of carbonyl (C=O) groups excluding carboxylic acids is 1. The maximum atomic E-state index is 10.5. The predicted molar refractivity (Wildman–Crippen MR) is 47.4 cm³/mol. The lowest BCUT2D eigenvalue weighted by Gasteiger charge is -2.30. The van der Waals surface area contributed by atoms with E-state index in [-0.39, 0.29) is 23.5 Å². The highest BCUT2D eigenvalue weighted by Gasteiger charge is 2.32. The molecule has 0 bridgehead atoms. The second-order valence-electron chi connectivity index (χ2n) is 2.64. The summed E-state index contributed by atoms with van der Waals surface area (Å²) in [6, 6.07) is -0.931. The molecule has 13 heavy (non-hydrogen) atoms. The molecule has 0 aromatic carbocycles. The van der Waals surface area contributed by atoms with E-state index < -0.39 is 18.1 Å². The maximum Gasteiger partial charge on any atom is 0.326 e. The predicted octanol–water partition coefficient (Wildman–Crippen LogP) is -0.339. The van der Waals surface area contributed by atoms with Gasteiger partial charge in [0.25, 0.3) is 0 Å². The topological polar surface area (TPSA) is 80.7 Å². The molecule has 6 heteroatoms. The Bertz CT molecular complexity index is 187. The number of hydrogen-bond acceptors (Lipinski definition) is 3. The summed E-state index contributed by atoms with van der Waals surface area (Å²) in [6.07, 6.45) is 1.29. The zero-order chi connectivity index (χ0) is 9.14. The summed E-state index contributed by atoms with van der Waals surface area (Å²) < 4.78 is 0. The molecule has 1 heterocycles. The van der Waals surface area contributed by atoms with Gasteiger partial charge in [-0.15, -0.1) is 17.0 Å². The number of hydrogen-bond donors (Lipinski definition) is 1. The summed E-state index contributed by atoms with van der Waals surface area (Å²) >= 11 is 0. The summed E-state index contributed by atoms with van der Waals surface area (Å²) in [5, 5.41) is 19.0. The molecule has 1 amide bonds. The molecule has 1 aliphatic rings. The molecule has 0 radical (unpaired) electrons. The number of likely N-dealkylation sites (tertiary alicyclic amines) is 1. The van der Waals surface area contributed by atoms with Crippen molar-refractivity contribution < 1.29 is 19.8 Å². The molecule has 0 spiro atoms. The molecular weight excluding hydrogens is 242 g/mol. The minimum Gasteiger partial charge on any atom is -0.530 e. The number of rotatable bonds is 1. The third-order valence-electron chi connectivity index (χ3n) is 1.87. The quantitative estimate of drug-likeness (QED) is 0.647. The number of nitrogens with zero attached hydrogens (tertiary/aromatic N) is 1. The van der Waals surface area contributed by atoms with Gasteiger partial charge in [-0.1, -0.05) is 0 Å². The Morgan fingerprint density at radius 2 is 2.15 bits per heavy atom. The molecule has 0 aliphatic carbocycles. The van der Waals surface area contributed by atoms with E-state index in [9.17, 15) is 14.7 Å². The van der Waals surface area contributed by atoms with Crippen LogP contribution in [-0.4, -0.2) is 34.7 Å². The monoisotopic (exact) mass is 251 g/mol. The SMILES string of the molecule is Br.O=C(O)C1CC[CH+]CN1C(=O)[O-]. The number of aliphatic carboxylic acids is 1. The van der Waals surface area contributed by atoms with Gasteiger partial charge in [-0.25, -0.2) is 4.79 Å². The first-order valence-corrected chi connectivity index (χ1v) is 3.65. The Hall–Kier alpha value is -0.910. The highest BCUT2D eigenvalue weighted by molar-refractivity contribution is 8.93. The third-order valence-corrected chi connectivity index (χ3v) is 1.87. The largest absolute Gasteiger partial charge is 0.530 e. The van der Waals surface area contributed by atoms with Crippen LogP contribution in [0.3, 0.4) is 0 Å². The highest BCUT2D eigenvalue weighted by Crippen LogP contribution is 2.15. The summed E-state index contributed by atoms with van der Waals surface area (Å²) in [4.78, 5) is 21.7. The van der Waals surface area contributed by atoms with Crippen LogP contribution in [0, 0.1) is 6.42 Å². The van der Waals surface area contributed by atoms with Crippen molar-refractivity contribution in [1.82, 2.24) is 4.90 Å². The number of carboxylic acids is 1. The molecule has 1 unspecified atom stereocenters. The van der Waals surface area contributed by atoms with Gasteiger partial charge in [-0.2, -0.15) is 0 Å². The molecule has 1 rings (SSSR count). The van der Waals surface area contributed by atoms with Crippen molar-refractivity contribution in [2.75, 3.05) is 6.54 Å². The van der Waals surface area contributed by atoms with Crippen LogP contribution in [0.25, 0.3) is 0 Å². The maximum absolute atomic E-state index is 10.5. The zero-order valence-corrected chi connectivity index (χ0v) is 8.52. The first-order chi connectivity index (χ1) is 5.63. The lowest BCUT2D eigenvalue weighted by Crippen LogP contribution is -2.53. The molecule has 0 saturated carbocycles. The van der Waals surface area contributed by atoms with Gasteiger partial charge in [0, 0.05) is 6.42 Å². The van der Waals surface area contributed by atoms with Crippen LogP contribution in [-0.2, 0) is 4.79 Å². The van der Waals surface area contributed by atoms with Gasteiger partial charge in [-0.3, -0.25) is 0 Å². The van der Waals surface area contributed by atoms with Crippen LogP contribution in [0.15, 0.2) is 0 Å². The van der Waals surface area contributed by atoms with Crippen molar-refractivity contribution in [3.63, 3.8) is 0 Å². The second kappa shape index (κ2) is 4.96. The van der Waals surface area contributed by atoms with E-state index in [0.717, 1.165) is 4.90 Å². The zero-order valence-electron chi connectivity index (χ0n) is 6.80. The van der Waals surface area contributed by atoms with Crippen LogP contribution in [0.4, 0.5) is 4.79 Å². The molecule has 5 nitrogen and oxygen atoms in total. The molecule has 1 saturated heterocycles. The summed E-state index contributed by atoms with van der Waals surface area (Å²) in [6.45, 7) is 0.152. The van der Waals surface area contributed by atoms with Crippen LogP contribution in [0.2, 0.25) is 0 Å². The van der Waals surface area contributed by atoms with E-state index in [2.05, 4.69) is 0 Å². The van der Waals surface area contributed by atoms with Crippen molar-refractivity contribution in [3.05, 3.63) is 6.42 Å². The number of halogens is 1. The van der Waals surface area contributed by atoms with Gasteiger partial charge < -0.3 is 19.9 Å². The van der Waals surface area contributed by atoms with E-state index in [1.165, 1.54) is 0 Å². The Morgan fingerprint density at radius 1 is 1.54 bits per heavy atom. The van der Waals surface area contributed by atoms with Gasteiger partial charge in [0.05, 0.1) is 12.8 Å². The number of amides is 1. The molecule has 0 aromatic heterocycles. The summed E-state index contributed by atoms with van der Waals surface area (Å²) in [5.41, 5.74) is 0. The van der Waals surface area contributed by atoms with E-state index >= 15 is 0 Å². The first-order valence-electron chi connectivity index (χ1n) is 3.65. The normalized spacial score (nSPS) is 21.2. The fourth-order valence-corrected chi connectivity index (χ4v) is 1.25. The van der Waals surface area contributed by atoms with Gasteiger partial charge in [-0.05, 0) is 0 Å². The van der Waals surface area contributed by atoms with Crippen LogP contribution in [0.1, 0.15) is 12.8 Å². The molecule has 1 N–H and O–H groups in total. The first kappa shape index (κ1) is 12.1. The van der Waals surface area contributed by atoms with Gasteiger partial charge >= 0.3 is 5.97 Å². The van der Waals surface area contributed by atoms with Crippen LogP contribution in [0.5, 0.6) is 0 Å². The van der Waals surface area contributed by atoms with E-state index in [0.29, 0.717) is 12.8 Å². The molecular formula is C7H10BrNO4. The fraction of sp³-hybridized carbons (Fsp3) is 0.571. The lowest BCUT2D eigenvalue weighted by atomic mass is 10.0. The Labute approximate surface area is 86.1 Å². The average Bonchev–Trinajstić information content (AvgIpc) is 2.04. The van der Waals surface area contributed by atoms with Crippen molar-refractivity contribution in [2.24, 2.45) is 0 Å². The van der Waals surface area contributed by atoms with E-state index in [1.54, 1.807) is 6.42 Å². The van der Waals surface area contributed by atoms with Gasteiger partial charge in [0.2, 0.25) is 0 Å². The third kappa shape index (κ3) is 2.80. The lowest BCUT2D eigenvalue weighted by molar-refractivity contribution is -0.268. The van der Waals surface area contributed by atoms with Crippen LogP contribution < -0.4 is 5.11 Å².